The zero-order valence-corrected chi connectivity index (χ0v) is 15.6. The number of para-hydroxylation sites is 1. The monoisotopic (exact) mass is 392 g/mol. The Morgan fingerprint density at radius 1 is 1.04 bits per heavy atom. The van der Waals surface area contributed by atoms with Gasteiger partial charge in [0.05, 0.1) is 17.4 Å². The van der Waals surface area contributed by atoms with Crippen molar-refractivity contribution in [2.45, 2.75) is 6.54 Å². The van der Waals surface area contributed by atoms with Crippen molar-refractivity contribution >= 4 is 34.1 Å². The van der Waals surface area contributed by atoms with Gasteiger partial charge in [-0.15, -0.1) is 5.10 Å². The summed E-state index contributed by atoms with van der Waals surface area (Å²) in [5, 5.41) is 8.87. The topological polar surface area (TPSA) is 69.0 Å². The molecule has 0 aliphatic rings. The van der Waals surface area contributed by atoms with E-state index in [9.17, 15) is 4.79 Å². The van der Waals surface area contributed by atoms with Crippen LogP contribution in [0.15, 0.2) is 73.1 Å². The van der Waals surface area contributed by atoms with Gasteiger partial charge in [0.15, 0.2) is 6.61 Å². The largest absolute Gasteiger partial charge is 0.466 e. The standard InChI is InChI=1S/C21H17ClN4O2/c22-16-7-5-15(6-8-16)13-26-19-4-2-1-3-18(19)21(25-26)28-14-20(27)24-17-9-11-23-12-10-17/h1-12H,13-14H2,(H,23,24,27). The third-order valence-electron chi connectivity index (χ3n) is 4.17. The zero-order valence-electron chi connectivity index (χ0n) is 14.9. The Morgan fingerprint density at radius 3 is 2.57 bits per heavy atom. The lowest BCUT2D eigenvalue weighted by molar-refractivity contribution is -0.118. The second-order valence-electron chi connectivity index (χ2n) is 6.18. The maximum Gasteiger partial charge on any atom is 0.262 e. The van der Waals surface area contributed by atoms with Crippen LogP contribution in [0.25, 0.3) is 10.9 Å². The zero-order chi connectivity index (χ0) is 19.3. The number of carbonyl (C=O) groups excluding carboxylic acids is 1. The number of benzene rings is 2. The molecule has 2 aromatic carbocycles. The summed E-state index contributed by atoms with van der Waals surface area (Å²) in [6.45, 7) is 0.439. The summed E-state index contributed by atoms with van der Waals surface area (Å²) in [5.74, 6) is 0.164. The smallest absolute Gasteiger partial charge is 0.262 e. The van der Waals surface area contributed by atoms with Gasteiger partial charge in [0, 0.05) is 23.1 Å². The number of hydrogen-bond acceptors (Lipinski definition) is 4. The molecular formula is C21H17ClN4O2. The quantitative estimate of drug-likeness (QED) is 0.535. The number of ether oxygens (including phenoxy) is 1. The van der Waals surface area contributed by atoms with E-state index in [-0.39, 0.29) is 12.5 Å². The van der Waals surface area contributed by atoms with Crippen LogP contribution in [0.4, 0.5) is 5.69 Å². The third kappa shape index (κ3) is 4.13. The Morgan fingerprint density at radius 2 is 1.79 bits per heavy atom. The number of nitrogens with zero attached hydrogens (tertiary/aromatic N) is 3. The van der Waals surface area contributed by atoms with Crippen molar-refractivity contribution in [2.75, 3.05) is 11.9 Å². The average Bonchev–Trinajstić information content (AvgIpc) is 3.07. The molecule has 0 saturated heterocycles. The Bertz CT molecular complexity index is 1090. The van der Waals surface area contributed by atoms with E-state index in [1.807, 2.05) is 53.2 Å². The van der Waals surface area contributed by atoms with E-state index in [0.717, 1.165) is 16.5 Å². The molecule has 2 heterocycles. The number of nitrogens with one attached hydrogen (secondary N) is 1. The highest BCUT2D eigenvalue weighted by atomic mass is 35.5. The molecule has 0 aliphatic carbocycles. The molecule has 4 rings (SSSR count). The number of hydrogen-bond donors (Lipinski definition) is 1. The van der Waals surface area contributed by atoms with E-state index in [1.54, 1.807) is 24.5 Å². The minimum atomic E-state index is -0.262. The Balaban J connectivity index is 1.51. The summed E-state index contributed by atoms with van der Waals surface area (Å²) in [7, 11) is 0. The van der Waals surface area contributed by atoms with E-state index in [2.05, 4.69) is 15.4 Å². The minimum Gasteiger partial charge on any atom is -0.466 e. The first kappa shape index (κ1) is 18.0. The number of rotatable bonds is 6. The van der Waals surface area contributed by atoms with Crippen LogP contribution in [0.3, 0.4) is 0 Å². The van der Waals surface area contributed by atoms with Crippen LogP contribution in [0.2, 0.25) is 5.02 Å². The summed E-state index contributed by atoms with van der Waals surface area (Å²) in [6.07, 6.45) is 3.23. The van der Waals surface area contributed by atoms with Crippen LogP contribution in [0.1, 0.15) is 5.56 Å². The fourth-order valence-electron chi connectivity index (χ4n) is 2.85. The van der Waals surface area contributed by atoms with Gasteiger partial charge in [-0.25, -0.2) is 0 Å². The van der Waals surface area contributed by atoms with Gasteiger partial charge < -0.3 is 10.1 Å². The van der Waals surface area contributed by atoms with E-state index in [4.69, 9.17) is 16.3 Å². The molecule has 0 fully saturated rings. The van der Waals surface area contributed by atoms with Crippen LogP contribution in [0.5, 0.6) is 5.88 Å². The lowest BCUT2D eigenvalue weighted by Gasteiger charge is -2.05. The van der Waals surface area contributed by atoms with Crippen molar-refractivity contribution in [3.05, 3.63) is 83.6 Å². The van der Waals surface area contributed by atoms with Crippen molar-refractivity contribution in [3.8, 4) is 5.88 Å². The van der Waals surface area contributed by atoms with Crippen LogP contribution in [0, 0.1) is 0 Å². The maximum absolute atomic E-state index is 12.1. The summed E-state index contributed by atoms with van der Waals surface area (Å²) < 4.78 is 7.57. The van der Waals surface area contributed by atoms with Gasteiger partial charge >= 0.3 is 0 Å². The summed E-state index contributed by atoms with van der Waals surface area (Å²) in [6, 6.07) is 18.8. The highest BCUT2D eigenvalue weighted by molar-refractivity contribution is 6.30. The number of fused-ring (bicyclic) bond motifs is 1. The highest BCUT2D eigenvalue weighted by Gasteiger charge is 2.13. The lowest BCUT2D eigenvalue weighted by atomic mass is 10.2. The molecule has 1 N–H and O–H groups in total. The molecule has 0 radical (unpaired) electrons. The highest BCUT2D eigenvalue weighted by Crippen LogP contribution is 2.25. The number of amides is 1. The van der Waals surface area contributed by atoms with Crippen LogP contribution in [-0.2, 0) is 11.3 Å². The molecule has 0 aliphatic heterocycles. The molecule has 7 heteroatoms. The van der Waals surface area contributed by atoms with Crippen molar-refractivity contribution in [1.29, 1.82) is 0 Å². The van der Waals surface area contributed by atoms with E-state index >= 15 is 0 Å². The lowest BCUT2D eigenvalue weighted by Crippen LogP contribution is -2.20. The first-order chi connectivity index (χ1) is 13.7. The molecule has 2 aromatic heterocycles. The molecule has 28 heavy (non-hydrogen) atoms. The van der Waals surface area contributed by atoms with Gasteiger partial charge in [-0.3, -0.25) is 14.5 Å². The van der Waals surface area contributed by atoms with Gasteiger partial charge in [0.1, 0.15) is 0 Å². The van der Waals surface area contributed by atoms with E-state index < -0.39 is 0 Å². The fraction of sp³-hybridized carbons (Fsp3) is 0.0952. The second-order valence-corrected chi connectivity index (χ2v) is 6.62. The van der Waals surface area contributed by atoms with Gasteiger partial charge in [-0.1, -0.05) is 35.9 Å². The van der Waals surface area contributed by atoms with E-state index in [0.29, 0.717) is 23.1 Å². The molecular weight excluding hydrogens is 376 g/mol. The van der Waals surface area contributed by atoms with Gasteiger partial charge in [0.25, 0.3) is 5.91 Å². The molecule has 1 amide bonds. The molecule has 140 valence electrons. The summed E-state index contributed by atoms with van der Waals surface area (Å²) in [5.41, 5.74) is 2.67. The summed E-state index contributed by atoms with van der Waals surface area (Å²) in [4.78, 5) is 16.1. The van der Waals surface area contributed by atoms with Gasteiger partial charge in [-0.05, 0) is 42.0 Å². The molecule has 6 nitrogen and oxygen atoms in total. The number of carbonyl (C=O) groups is 1. The van der Waals surface area contributed by atoms with Crippen molar-refractivity contribution < 1.29 is 9.53 Å². The molecule has 0 unspecified atom stereocenters. The van der Waals surface area contributed by atoms with Crippen molar-refractivity contribution in [2.24, 2.45) is 0 Å². The molecule has 0 saturated carbocycles. The predicted molar refractivity (Wildman–Crippen MR) is 109 cm³/mol. The molecule has 4 aromatic rings. The van der Waals surface area contributed by atoms with Crippen LogP contribution in [-0.4, -0.2) is 27.3 Å². The first-order valence-electron chi connectivity index (χ1n) is 8.72. The van der Waals surface area contributed by atoms with Crippen LogP contribution < -0.4 is 10.1 Å². The second kappa shape index (κ2) is 8.10. The normalized spacial score (nSPS) is 10.8. The van der Waals surface area contributed by atoms with Crippen molar-refractivity contribution in [1.82, 2.24) is 14.8 Å². The Kier molecular flexibility index (Phi) is 5.21. The number of halogens is 1. The minimum absolute atomic E-state index is 0.135. The maximum atomic E-state index is 12.1. The van der Waals surface area contributed by atoms with Gasteiger partial charge in [-0.2, -0.15) is 0 Å². The average molecular weight is 393 g/mol. The molecule has 0 spiro atoms. The number of pyridine rings is 1. The SMILES string of the molecule is O=C(COc1nn(Cc2ccc(Cl)cc2)c2ccccc12)Nc1ccncc1. The fourth-order valence-corrected chi connectivity index (χ4v) is 2.98. The summed E-state index contributed by atoms with van der Waals surface area (Å²) >= 11 is 5.96. The van der Waals surface area contributed by atoms with E-state index in [1.165, 1.54) is 0 Å². The van der Waals surface area contributed by atoms with Crippen molar-refractivity contribution in [3.63, 3.8) is 0 Å². The number of aromatic nitrogens is 3. The van der Waals surface area contributed by atoms with Gasteiger partial charge in [0.2, 0.25) is 5.88 Å². The first-order valence-corrected chi connectivity index (χ1v) is 9.09. The Hall–Kier alpha value is -3.38. The molecule has 0 atom stereocenters. The predicted octanol–water partition coefficient (Wildman–Crippen LogP) is 4.15. The van der Waals surface area contributed by atoms with Crippen LogP contribution >= 0.6 is 11.6 Å². The third-order valence-corrected chi connectivity index (χ3v) is 4.43. The number of anilines is 1. The molecule has 0 bridgehead atoms. The Labute approximate surface area is 166 Å².